The van der Waals surface area contributed by atoms with Crippen molar-refractivity contribution in [1.29, 1.82) is 0 Å². The van der Waals surface area contributed by atoms with Crippen LogP contribution in [0.1, 0.15) is 48.2 Å². The summed E-state index contributed by atoms with van der Waals surface area (Å²) < 4.78 is 0. The Morgan fingerprint density at radius 1 is 1.24 bits per heavy atom. The molecule has 1 aromatic carbocycles. The fourth-order valence-corrected chi connectivity index (χ4v) is 3.67. The lowest BCUT2D eigenvalue weighted by Gasteiger charge is -2.30. The van der Waals surface area contributed by atoms with Crippen LogP contribution in [-0.2, 0) is 4.79 Å². The number of carbonyl (C=O) groups is 3. The first-order valence-electron chi connectivity index (χ1n) is 8.43. The van der Waals surface area contributed by atoms with Crippen molar-refractivity contribution >= 4 is 28.7 Å². The Morgan fingerprint density at radius 2 is 2.00 bits per heavy atom. The van der Waals surface area contributed by atoms with Crippen molar-refractivity contribution in [3.05, 3.63) is 29.5 Å². The summed E-state index contributed by atoms with van der Waals surface area (Å²) in [6, 6.07) is 4.99. The first kappa shape index (κ1) is 15.6. The number of hydrogen-bond donors (Lipinski definition) is 3. The Balaban J connectivity index is 1.59. The Kier molecular flexibility index (Phi) is 3.48. The fraction of sp³-hybridized carbons (Fsp3) is 0.412. The van der Waals surface area contributed by atoms with E-state index >= 15 is 0 Å². The maximum atomic E-state index is 12.7. The number of nitrogens with one attached hydrogen (secondary N) is 3. The highest BCUT2D eigenvalue weighted by molar-refractivity contribution is 6.11. The molecule has 3 N–H and O–H groups in total. The standard InChI is InChI=1S/C17H19N5O3/c1-10-5-6-12-11(9-10)13(20-19-12)14(23)21-22-15(24)17(18-16(22)25)7-3-2-4-8-17/h5-6,9H,2-4,7-8H2,1H3,(H,18,25)(H,19,20)(H,21,23). The van der Waals surface area contributed by atoms with Gasteiger partial charge in [0.15, 0.2) is 5.69 Å². The molecule has 130 valence electrons. The smallest absolute Gasteiger partial charge is 0.322 e. The van der Waals surface area contributed by atoms with Gasteiger partial charge in [0.1, 0.15) is 5.54 Å². The molecule has 4 amide bonds. The highest BCUT2D eigenvalue weighted by Gasteiger charge is 2.52. The number of fused-ring (bicyclic) bond motifs is 1. The Morgan fingerprint density at radius 3 is 2.76 bits per heavy atom. The number of carbonyl (C=O) groups excluding carboxylic acids is 3. The maximum Gasteiger partial charge on any atom is 0.344 e. The summed E-state index contributed by atoms with van der Waals surface area (Å²) in [4.78, 5) is 37.5. The van der Waals surface area contributed by atoms with Crippen molar-refractivity contribution in [2.45, 2.75) is 44.6 Å². The van der Waals surface area contributed by atoms with Gasteiger partial charge in [-0.05, 0) is 31.9 Å². The number of hydrogen-bond acceptors (Lipinski definition) is 4. The third-order valence-electron chi connectivity index (χ3n) is 5.02. The van der Waals surface area contributed by atoms with Crippen LogP contribution in [-0.4, -0.2) is 38.6 Å². The Bertz CT molecular complexity index is 882. The summed E-state index contributed by atoms with van der Waals surface area (Å²) in [6.45, 7) is 1.92. The quantitative estimate of drug-likeness (QED) is 0.724. The van der Waals surface area contributed by atoms with Crippen molar-refractivity contribution in [1.82, 2.24) is 25.9 Å². The summed E-state index contributed by atoms with van der Waals surface area (Å²) >= 11 is 0. The van der Waals surface area contributed by atoms with Crippen LogP contribution >= 0.6 is 0 Å². The van der Waals surface area contributed by atoms with Gasteiger partial charge >= 0.3 is 6.03 Å². The van der Waals surface area contributed by atoms with Crippen molar-refractivity contribution in [2.75, 3.05) is 0 Å². The normalized spacial score (nSPS) is 19.5. The second-order valence-corrected chi connectivity index (χ2v) is 6.78. The second kappa shape index (κ2) is 5.58. The van der Waals surface area contributed by atoms with Crippen LogP contribution in [0.5, 0.6) is 0 Å². The topological polar surface area (TPSA) is 107 Å². The molecule has 1 saturated carbocycles. The van der Waals surface area contributed by atoms with Crippen LogP contribution in [0.2, 0.25) is 0 Å². The molecule has 8 heteroatoms. The highest BCUT2D eigenvalue weighted by Crippen LogP contribution is 2.33. The molecular weight excluding hydrogens is 322 g/mol. The third kappa shape index (κ3) is 2.45. The molecular formula is C17H19N5O3. The average molecular weight is 341 g/mol. The number of benzene rings is 1. The Labute approximate surface area is 143 Å². The summed E-state index contributed by atoms with van der Waals surface area (Å²) in [5.41, 5.74) is 3.41. The van der Waals surface area contributed by atoms with Gasteiger partial charge in [-0.25, -0.2) is 4.79 Å². The number of amides is 4. The van der Waals surface area contributed by atoms with Gasteiger partial charge in [0.05, 0.1) is 5.52 Å². The fourth-order valence-electron chi connectivity index (χ4n) is 3.67. The summed E-state index contributed by atoms with van der Waals surface area (Å²) in [5.74, 6) is -0.977. The van der Waals surface area contributed by atoms with Gasteiger partial charge in [0.25, 0.3) is 11.8 Å². The van der Waals surface area contributed by atoms with Gasteiger partial charge in [0, 0.05) is 5.39 Å². The van der Waals surface area contributed by atoms with E-state index < -0.39 is 17.5 Å². The van der Waals surface area contributed by atoms with Gasteiger partial charge in [0.2, 0.25) is 0 Å². The number of aryl methyl sites for hydroxylation is 1. The molecule has 0 bridgehead atoms. The van der Waals surface area contributed by atoms with E-state index in [1.807, 2.05) is 25.1 Å². The SMILES string of the molecule is Cc1ccc2[nH]nc(C(=O)NN3C(=O)NC4(CCCCC4)C3=O)c2c1. The highest BCUT2D eigenvalue weighted by atomic mass is 16.2. The molecule has 0 radical (unpaired) electrons. The van der Waals surface area contributed by atoms with E-state index in [4.69, 9.17) is 0 Å². The van der Waals surface area contributed by atoms with Gasteiger partial charge in [-0.15, -0.1) is 0 Å². The monoisotopic (exact) mass is 341 g/mol. The van der Waals surface area contributed by atoms with Crippen molar-refractivity contribution in [3.8, 4) is 0 Å². The molecule has 25 heavy (non-hydrogen) atoms. The zero-order valence-corrected chi connectivity index (χ0v) is 13.9. The van der Waals surface area contributed by atoms with E-state index in [0.717, 1.165) is 35.4 Å². The van der Waals surface area contributed by atoms with E-state index in [2.05, 4.69) is 20.9 Å². The first-order chi connectivity index (χ1) is 12.0. The van der Waals surface area contributed by atoms with E-state index in [1.54, 1.807) is 0 Å². The molecule has 0 atom stereocenters. The van der Waals surface area contributed by atoms with Crippen molar-refractivity contribution < 1.29 is 14.4 Å². The predicted octanol–water partition coefficient (Wildman–Crippen LogP) is 1.77. The van der Waals surface area contributed by atoms with Gasteiger partial charge in [-0.3, -0.25) is 20.1 Å². The zero-order valence-electron chi connectivity index (χ0n) is 13.9. The van der Waals surface area contributed by atoms with Crippen LogP contribution in [0.3, 0.4) is 0 Å². The van der Waals surface area contributed by atoms with Crippen LogP contribution in [0.15, 0.2) is 18.2 Å². The molecule has 1 aliphatic heterocycles. The molecule has 1 spiro atoms. The largest absolute Gasteiger partial charge is 0.344 e. The molecule has 2 aliphatic rings. The van der Waals surface area contributed by atoms with Crippen molar-refractivity contribution in [2.24, 2.45) is 0 Å². The lowest BCUT2D eigenvalue weighted by atomic mass is 9.82. The van der Waals surface area contributed by atoms with Crippen LogP contribution < -0.4 is 10.7 Å². The van der Waals surface area contributed by atoms with Gasteiger partial charge < -0.3 is 5.32 Å². The van der Waals surface area contributed by atoms with Crippen molar-refractivity contribution in [3.63, 3.8) is 0 Å². The lowest BCUT2D eigenvalue weighted by molar-refractivity contribution is -0.134. The molecule has 2 heterocycles. The number of H-pyrrole nitrogens is 1. The molecule has 1 aliphatic carbocycles. The van der Waals surface area contributed by atoms with Crippen LogP contribution in [0.25, 0.3) is 10.9 Å². The molecule has 2 fully saturated rings. The molecule has 0 unspecified atom stereocenters. The first-order valence-corrected chi connectivity index (χ1v) is 8.43. The minimum atomic E-state index is -0.868. The summed E-state index contributed by atoms with van der Waals surface area (Å²) in [6.07, 6.45) is 4.03. The summed E-state index contributed by atoms with van der Waals surface area (Å²) in [7, 11) is 0. The van der Waals surface area contributed by atoms with E-state index in [0.29, 0.717) is 18.2 Å². The number of rotatable bonds is 2. The van der Waals surface area contributed by atoms with Gasteiger partial charge in [-0.1, -0.05) is 30.9 Å². The second-order valence-electron chi connectivity index (χ2n) is 6.78. The molecule has 8 nitrogen and oxygen atoms in total. The molecule has 2 aromatic rings. The number of aromatic amines is 1. The van der Waals surface area contributed by atoms with E-state index in [-0.39, 0.29) is 11.6 Å². The number of imide groups is 1. The lowest BCUT2D eigenvalue weighted by Crippen LogP contribution is -2.51. The number of urea groups is 1. The number of aromatic nitrogens is 2. The number of nitrogens with zero attached hydrogens (tertiary/aromatic N) is 2. The minimum absolute atomic E-state index is 0.156. The minimum Gasteiger partial charge on any atom is -0.322 e. The van der Waals surface area contributed by atoms with Crippen LogP contribution in [0, 0.1) is 6.92 Å². The maximum absolute atomic E-state index is 12.7. The average Bonchev–Trinajstić information content (AvgIpc) is 3.10. The molecule has 1 aromatic heterocycles. The van der Waals surface area contributed by atoms with E-state index in [1.165, 1.54) is 0 Å². The third-order valence-corrected chi connectivity index (χ3v) is 5.02. The summed E-state index contributed by atoms with van der Waals surface area (Å²) in [5, 5.41) is 11.0. The zero-order chi connectivity index (χ0) is 17.6. The molecule has 4 rings (SSSR count). The Hall–Kier alpha value is -2.90. The molecule has 1 saturated heterocycles. The number of hydrazine groups is 1. The predicted molar refractivity (Wildman–Crippen MR) is 89.5 cm³/mol. The van der Waals surface area contributed by atoms with E-state index in [9.17, 15) is 14.4 Å². The van der Waals surface area contributed by atoms with Gasteiger partial charge in [-0.2, -0.15) is 10.1 Å². The van der Waals surface area contributed by atoms with Crippen LogP contribution in [0.4, 0.5) is 4.79 Å².